The van der Waals surface area contributed by atoms with E-state index in [-0.39, 0.29) is 10.6 Å². The number of amidine groups is 1. The molecule has 3 aromatic carbocycles. The summed E-state index contributed by atoms with van der Waals surface area (Å²) < 4.78 is 30.9. The van der Waals surface area contributed by atoms with Gasteiger partial charge in [0.05, 0.1) is 11.4 Å². The van der Waals surface area contributed by atoms with Crippen LogP contribution in [0.15, 0.2) is 93.3 Å². The van der Waals surface area contributed by atoms with E-state index in [2.05, 4.69) is 19.9 Å². The Morgan fingerprint density at radius 2 is 1.62 bits per heavy atom. The van der Waals surface area contributed by atoms with Crippen LogP contribution in [0.2, 0.25) is 5.02 Å². The molecule has 0 atom stereocenters. The Kier molecular flexibility index (Phi) is 5.46. The van der Waals surface area contributed by atoms with Crippen LogP contribution in [0.4, 0.5) is 5.69 Å². The summed E-state index contributed by atoms with van der Waals surface area (Å²) in [5, 5.41) is 13.1. The summed E-state index contributed by atoms with van der Waals surface area (Å²) >= 11 is 7.39. The molecule has 1 aromatic heterocycles. The molecule has 0 saturated carbocycles. The minimum atomic E-state index is -3.74. The van der Waals surface area contributed by atoms with Crippen LogP contribution in [-0.2, 0) is 10.0 Å². The Morgan fingerprint density at radius 3 is 2.41 bits per heavy atom. The second-order valence-corrected chi connectivity index (χ2v) is 9.86. The predicted octanol–water partition coefficient (Wildman–Crippen LogP) is 4.89. The van der Waals surface area contributed by atoms with Crippen molar-refractivity contribution in [1.82, 2.24) is 14.8 Å². The Hall–Kier alpha value is -3.14. The zero-order valence-electron chi connectivity index (χ0n) is 16.5. The van der Waals surface area contributed by atoms with Gasteiger partial charge >= 0.3 is 0 Å². The van der Waals surface area contributed by atoms with E-state index in [9.17, 15) is 8.42 Å². The van der Waals surface area contributed by atoms with Crippen LogP contribution in [0.1, 0.15) is 0 Å². The largest absolute Gasteiger partial charge is 0.341 e. The summed E-state index contributed by atoms with van der Waals surface area (Å²) in [7, 11) is -3.74. The molecular formula is C22H16ClN5O2S2. The minimum Gasteiger partial charge on any atom is -0.341 e. The molecule has 0 unspecified atom stereocenters. The number of halogens is 1. The number of nitrogens with zero attached hydrogens (tertiary/aromatic N) is 4. The van der Waals surface area contributed by atoms with Crippen molar-refractivity contribution in [3.8, 4) is 17.1 Å². The molecule has 0 amide bonds. The van der Waals surface area contributed by atoms with Crippen molar-refractivity contribution >= 4 is 44.9 Å². The number of benzene rings is 3. The molecule has 160 valence electrons. The second-order valence-electron chi connectivity index (χ2n) is 6.91. The fourth-order valence-corrected chi connectivity index (χ4v) is 5.50. The van der Waals surface area contributed by atoms with E-state index in [1.165, 1.54) is 17.8 Å². The highest BCUT2D eigenvalue weighted by atomic mass is 35.5. The summed E-state index contributed by atoms with van der Waals surface area (Å²) in [5.74, 6) is 1.27. The second kappa shape index (κ2) is 8.42. The number of thioether (sulfide) groups is 1. The van der Waals surface area contributed by atoms with E-state index < -0.39 is 10.0 Å². The summed E-state index contributed by atoms with van der Waals surface area (Å²) in [6.45, 7) is 0. The van der Waals surface area contributed by atoms with Crippen LogP contribution >= 0.6 is 23.4 Å². The molecule has 10 heteroatoms. The van der Waals surface area contributed by atoms with Gasteiger partial charge in [0.2, 0.25) is 0 Å². The van der Waals surface area contributed by atoms with Gasteiger partial charge in [-0.15, -0.1) is 14.6 Å². The molecule has 1 aliphatic heterocycles. The number of rotatable bonds is 5. The highest BCUT2D eigenvalue weighted by Gasteiger charge is 2.25. The van der Waals surface area contributed by atoms with E-state index in [1.807, 2.05) is 47.0 Å². The maximum absolute atomic E-state index is 12.5. The van der Waals surface area contributed by atoms with Gasteiger partial charge in [0.25, 0.3) is 10.0 Å². The average molecular weight is 482 g/mol. The Balaban J connectivity index is 1.48. The smallest absolute Gasteiger partial charge is 0.286 e. The molecule has 0 bridgehead atoms. The molecule has 7 nitrogen and oxygen atoms in total. The number of nitrogens with one attached hydrogen (secondary N) is 1. The lowest BCUT2D eigenvalue weighted by atomic mass is 10.2. The predicted molar refractivity (Wildman–Crippen MR) is 127 cm³/mol. The minimum absolute atomic E-state index is 0.172. The molecule has 5 rings (SSSR count). The average Bonchev–Trinajstić information content (AvgIpc) is 3.22. The molecule has 1 aliphatic rings. The standard InChI is InChI=1S/C22H16ClN5O2S2/c23-16-12-10-15(11-13-16)21-25-26-22(28(21)17-6-2-1-3-7-17)31-14-20-24-18-8-4-5-9-19(18)32(29,30)27-20/h1-13H,14H2,(H,24,27). The summed E-state index contributed by atoms with van der Waals surface area (Å²) in [5.41, 5.74) is 2.27. The van der Waals surface area contributed by atoms with Crippen molar-refractivity contribution < 1.29 is 8.42 Å². The van der Waals surface area contributed by atoms with Gasteiger partial charge in [-0.2, -0.15) is 8.42 Å². The van der Waals surface area contributed by atoms with Crippen molar-refractivity contribution in [1.29, 1.82) is 0 Å². The molecule has 1 N–H and O–H groups in total. The van der Waals surface area contributed by atoms with Crippen LogP contribution < -0.4 is 5.32 Å². The Morgan fingerprint density at radius 1 is 0.906 bits per heavy atom. The van der Waals surface area contributed by atoms with E-state index >= 15 is 0 Å². The van der Waals surface area contributed by atoms with Crippen LogP contribution in [0.3, 0.4) is 0 Å². The third kappa shape index (κ3) is 4.02. The van der Waals surface area contributed by atoms with Crippen LogP contribution in [0.5, 0.6) is 0 Å². The van der Waals surface area contributed by atoms with Gasteiger partial charge in [-0.1, -0.05) is 53.7 Å². The fourth-order valence-electron chi connectivity index (χ4n) is 3.32. The number of hydrogen-bond acceptors (Lipinski definition) is 6. The number of sulfonamides is 1. The summed E-state index contributed by atoms with van der Waals surface area (Å²) in [4.78, 5) is 0.172. The van der Waals surface area contributed by atoms with Crippen molar-refractivity contribution in [2.75, 3.05) is 11.1 Å². The third-order valence-corrected chi connectivity index (χ3v) is 7.33. The molecule has 0 spiro atoms. The quantitative estimate of drug-likeness (QED) is 0.408. The fraction of sp³-hybridized carbons (Fsp3) is 0.0455. The molecular weight excluding hydrogens is 466 g/mol. The molecule has 0 radical (unpaired) electrons. The lowest BCUT2D eigenvalue weighted by molar-refractivity contribution is 0.598. The molecule has 4 aromatic rings. The van der Waals surface area contributed by atoms with E-state index in [0.717, 1.165) is 11.3 Å². The zero-order chi connectivity index (χ0) is 22.1. The van der Waals surface area contributed by atoms with Gasteiger partial charge in [0.1, 0.15) is 10.7 Å². The maximum Gasteiger partial charge on any atom is 0.286 e. The number of aromatic nitrogens is 3. The SMILES string of the molecule is O=S1(=O)N=C(CSc2nnc(-c3ccc(Cl)cc3)n2-c2ccccc2)Nc2ccccc21. The van der Waals surface area contributed by atoms with E-state index in [0.29, 0.717) is 27.5 Å². The van der Waals surface area contributed by atoms with Crippen molar-refractivity contribution in [3.05, 3.63) is 83.9 Å². The van der Waals surface area contributed by atoms with Gasteiger partial charge < -0.3 is 5.32 Å². The first-order chi connectivity index (χ1) is 15.5. The zero-order valence-corrected chi connectivity index (χ0v) is 18.9. The molecule has 0 aliphatic carbocycles. The number of hydrogen-bond donors (Lipinski definition) is 1. The first-order valence-electron chi connectivity index (χ1n) is 9.61. The van der Waals surface area contributed by atoms with Crippen molar-refractivity contribution in [2.24, 2.45) is 4.40 Å². The number of anilines is 1. The van der Waals surface area contributed by atoms with Gasteiger partial charge in [-0.05, 0) is 48.5 Å². The van der Waals surface area contributed by atoms with Crippen LogP contribution in [0, 0.1) is 0 Å². The molecule has 32 heavy (non-hydrogen) atoms. The Labute approximate surface area is 194 Å². The van der Waals surface area contributed by atoms with Crippen LogP contribution in [0.25, 0.3) is 17.1 Å². The molecule has 0 saturated heterocycles. The van der Waals surface area contributed by atoms with Gasteiger partial charge in [-0.3, -0.25) is 4.57 Å². The summed E-state index contributed by atoms with van der Waals surface area (Å²) in [6.07, 6.45) is 0. The van der Waals surface area contributed by atoms with Gasteiger partial charge in [0, 0.05) is 16.3 Å². The summed E-state index contributed by atoms with van der Waals surface area (Å²) in [6, 6.07) is 23.8. The lowest BCUT2D eigenvalue weighted by Gasteiger charge is -2.17. The number of fused-ring (bicyclic) bond motifs is 1. The lowest BCUT2D eigenvalue weighted by Crippen LogP contribution is -2.23. The Bertz CT molecular complexity index is 1420. The highest BCUT2D eigenvalue weighted by molar-refractivity contribution is 8.00. The molecule has 2 heterocycles. The van der Waals surface area contributed by atoms with Crippen molar-refractivity contribution in [2.45, 2.75) is 10.1 Å². The van der Waals surface area contributed by atoms with E-state index in [1.54, 1.807) is 30.3 Å². The third-order valence-electron chi connectivity index (χ3n) is 4.76. The van der Waals surface area contributed by atoms with Gasteiger partial charge in [-0.25, -0.2) is 0 Å². The van der Waals surface area contributed by atoms with Crippen LogP contribution in [-0.4, -0.2) is 34.8 Å². The van der Waals surface area contributed by atoms with Crippen molar-refractivity contribution in [3.63, 3.8) is 0 Å². The number of para-hydroxylation sites is 2. The molecule has 0 fully saturated rings. The normalized spacial score (nSPS) is 14.3. The first kappa shape index (κ1) is 20.7. The topological polar surface area (TPSA) is 89.2 Å². The van der Waals surface area contributed by atoms with E-state index in [4.69, 9.17) is 11.6 Å². The highest BCUT2D eigenvalue weighted by Crippen LogP contribution is 2.31. The monoisotopic (exact) mass is 481 g/mol. The van der Waals surface area contributed by atoms with Gasteiger partial charge in [0.15, 0.2) is 11.0 Å². The first-order valence-corrected chi connectivity index (χ1v) is 12.4. The maximum atomic E-state index is 12.5.